The summed E-state index contributed by atoms with van der Waals surface area (Å²) in [6, 6.07) is 9.69. The van der Waals surface area contributed by atoms with Crippen LogP contribution in [0.15, 0.2) is 51.4 Å². The third-order valence-electron chi connectivity index (χ3n) is 2.84. The highest BCUT2D eigenvalue weighted by atomic mass is 79.9. The van der Waals surface area contributed by atoms with Crippen molar-refractivity contribution in [1.29, 1.82) is 0 Å². The van der Waals surface area contributed by atoms with Gasteiger partial charge < -0.3 is 4.42 Å². The molecular weight excluding hydrogens is 330 g/mol. The number of carbonyl (C=O) groups excluding carboxylic acids is 1. The molecule has 0 saturated carbocycles. The molecule has 0 fully saturated rings. The SMILES string of the molecule is O=C(c1cc(F)cc(Br)c1)c1cc2cccc(F)c2o1. The van der Waals surface area contributed by atoms with Gasteiger partial charge in [0.15, 0.2) is 17.2 Å². The molecule has 3 rings (SSSR count). The molecule has 3 aromatic rings. The van der Waals surface area contributed by atoms with Crippen LogP contribution in [-0.4, -0.2) is 5.78 Å². The van der Waals surface area contributed by atoms with Crippen molar-refractivity contribution in [3.05, 3.63) is 69.9 Å². The van der Waals surface area contributed by atoms with Crippen molar-refractivity contribution in [2.24, 2.45) is 0 Å². The minimum Gasteiger partial charge on any atom is -0.449 e. The number of halogens is 3. The maximum Gasteiger partial charge on any atom is 0.228 e. The molecule has 0 aliphatic carbocycles. The van der Waals surface area contributed by atoms with E-state index >= 15 is 0 Å². The maximum absolute atomic E-state index is 13.5. The Morgan fingerprint density at radius 3 is 2.60 bits per heavy atom. The highest BCUT2D eigenvalue weighted by Gasteiger charge is 2.17. The van der Waals surface area contributed by atoms with Crippen LogP contribution in [0.25, 0.3) is 11.0 Å². The van der Waals surface area contributed by atoms with Gasteiger partial charge in [-0.1, -0.05) is 28.1 Å². The van der Waals surface area contributed by atoms with Gasteiger partial charge in [0, 0.05) is 15.4 Å². The fourth-order valence-electron chi connectivity index (χ4n) is 1.97. The average Bonchev–Trinajstić information content (AvgIpc) is 2.82. The molecule has 100 valence electrons. The second kappa shape index (κ2) is 4.83. The van der Waals surface area contributed by atoms with E-state index in [9.17, 15) is 13.6 Å². The van der Waals surface area contributed by atoms with Gasteiger partial charge in [-0.25, -0.2) is 8.78 Å². The second-order valence-corrected chi connectivity index (χ2v) is 5.17. The molecule has 0 aliphatic rings. The molecule has 0 spiro atoms. The van der Waals surface area contributed by atoms with E-state index in [1.54, 1.807) is 6.07 Å². The van der Waals surface area contributed by atoms with Crippen LogP contribution in [0.1, 0.15) is 16.1 Å². The van der Waals surface area contributed by atoms with Gasteiger partial charge >= 0.3 is 0 Å². The summed E-state index contributed by atoms with van der Waals surface area (Å²) in [6.07, 6.45) is 0. The Hall–Kier alpha value is -2.01. The average molecular weight is 337 g/mol. The van der Waals surface area contributed by atoms with Gasteiger partial charge in [0.25, 0.3) is 0 Å². The Kier molecular flexibility index (Phi) is 3.14. The summed E-state index contributed by atoms with van der Waals surface area (Å²) in [7, 11) is 0. The van der Waals surface area contributed by atoms with E-state index in [4.69, 9.17) is 4.42 Å². The zero-order chi connectivity index (χ0) is 14.3. The fourth-order valence-corrected chi connectivity index (χ4v) is 2.43. The topological polar surface area (TPSA) is 30.2 Å². The lowest BCUT2D eigenvalue weighted by atomic mass is 10.1. The van der Waals surface area contributed by atoms with Gasteiger partial charge in [-0.2, -0.15) is 0 Å². The minimum atomic E-state index is -0.540. The van der Waals surface area contributed by atoms with Crippen molar-refractivity contribution in [3.63, 3.8) is 0 Å². The number of rotatable bonds is 2. The Balaban J connectivity index is 2.10. The predicted molar refractivity (Wildman–Crippen MR) is 73.7 cm³/mol. The summed E-state index contributed by atoms with van der Waals surface area (Å²) in [5, 5.41) is 0.490. The van der Waals surface area contributed by atoms with Gasteiger partial charge in [0.05, 0.1) is 0 Å². The van der Waals surface area contributed by atoms with E-state index in [1.165, 1.54) is 30.3 Å². The Labute approximate surface area is 121 Å². The third kappa shape index (κ3) is 2.25. The third-order valence-corrected chi connectivity index (χ3v) is 3.30. The van der Waals surface area contributed by atoms with Crippen molar-refractivity contribution >= 4 is 32.7 Å². The summed E-state index contributed by atoms with van der Waals surface area (Å²) in [4.78, 5) is 12.2. The van der Waals surface area contributed by atoms with Crippen molar-refractivity contribution < 1.29 is 18.0 Å². The van der Waals surface area contributed by atoms with Crippen LogP contribution in [0.2, 0.25) is 0 Å². The smallest absolute Gasteiger partial charge is 0.228 e. The summed E-state index contributed by atoms with van der Waals surface area (Å²) >= 11 is 3.12. The summed E-state index contributed by atoms with van der Waals surface area (Å²) in [5.74, 6) is -1.60. The fraction of sp³-hybridized carbons (Fsp3) is 0. The molecule has 20 heavy (non-hydrogen) atoms. The largest absolute Gasteiger partial charge is 0.449 e. The number of fused-ring (bicyclic) bond motifs is 1. The van der Waals surface area contributed by atoms with Crippen LogP contribution in [-0.2, 0) is 0 Å². The number of para-hydroxylation sites is 1. The Morgan fingerprint density at radius 2 is 1.90 bits per heavy atom. The molecule has 2 aromatic carbocycles. The van der Waals surface area contributed by atoms with Crippen molar-refractivity contribution in [2.45, 2.75) is 0 Å². The normalized spacial score (nSPS) is 10.9. The molecule has 0 aliphatic heterocycles. The Bertz CT molecular complexity index is 804. The molecular formula is C15H7BrF2O2. The van der Waals surface area contributed by atoms with Gasteiger partial charge in [-0.3, -0.25) is 4.79 Å². The molecule has 5 heteroatoms. The lowest BCUT2D eigenvalue weighted by molar-refractivity contribution is 0.101. The molecule has 1 heterocycles. The zero-order valence-electron chi connectivity index (χ0n) is 9.99. The van der Waals surface area contributed by atoms with Crippen molar-refractivity contribution in [3.8, 4) is 0 Å². The highest BCUT2D eigenvalue weighted by molar-refractivity contribution is 9.10. The summed E-state index contributed by atoms with van der Waals surface area (Å²) < 4.78 is 32.5. The molecule has 2 nitrogen and oxygen atoms in total. The first kappa shape index (κ1) is 13.0. The first-order chi connectivity index (χ1) is 9.54. The predicted octanol–water partition coefficient (Wildman–Crippen LogP) is 4.70. The first-order valence-electron chi connectivity index (χ1n) is 5.73. The van der Waals surface area contributed by atoms with Crippen LogP contribution in [0.4, 0.5) is 8.78 Å². The van der Waals surface area contributed by atoms with E-state index in [2.05, 4.69) is 15.9 Å². The lowest BCUT2D eigenvalue weighted by Gasteiger charge is -1.99. The molecule has 0 saturated heterocycles. The van der Waals surface area contributed by atoms with Gasteiger partial charge in [-0.05, 0) is 30.3 Å². The van der Waals surface area contributed by atoms with Crippen LogP contribution < -0.4 is 0 Å². The first-order valence-corrected chi connectivity index (χ1v) is 6.53. The number of hydrogen-bond donors (Lipinski definition) is 0. The van der Waals surface area contributed by atoms with Crippen LogP contribution >= 0.6 is 15.9 Å². The Morgan fingerprint density at radius 1 is 1.10 bits per heavy atom. The van der Waals surface area contributed by atoms with Gasteiger partial charge in [0.1, 0.15) is 5.82 Å². The molecule has 0 N–H and O–H groups in total. The molecule has 0 bridgehead atoms. The number of hydrogen-bond acceptors (Lipinski definition) is 2. The molecule has 1 aromatic heterocycles. The lowest BCUT2D eigenvalue weighted by Crippen LogP contribution is -2.00. The van der Waals surface area contributed by atoms with Crippen LogP contribution in [0.3, 0.4) is 0 Å². The van der Waals surface area contributed by atoms with E-state index < -0.39 is 17.4 Å². The second-order valence-electron chi connectivity index (χ2n) is 4.26. The summed E-state index contributed by atoms with van der Waals surface area (Å²) in [5.41, 5.74) is 0.155. The molecule has 0 radical (unpaired) electrons. The quantitative estimate of drug-likeness (QED) is 0.634. The molecule has 0 unspecified atom stereocenters. The monoisotopic (exact) mass is 336 g/mol. The molecule has 0 atom stereocenters. The van der Waals surface area contributed by atoms with Crippen molar-refractivity contribution in [2.75, 3.05) is 0 Å². The van der Waals surface area contributed by atoms with Gasteiger partial charge in [0.2, 0.25) is 5.78 Å². The van der Waals surface area contributed by atoms with E-state index in [0.717, 1.165) is 6.07 Å². The standard InChI is InChI=1S/C15H7BrF2O2/c16-10-4-9(5-11(17)7-10)14(19)13-6-8-2-1-3-12(18)15(8)20-13/h1-7H. The van der Waals surface area contributed by atoms with E-state index in [0.29, 0.717) is 9.86 Å². The van der Waals surface area contributed by atoms with Crippen LogP contribution in [0.5, 0.6) is 0 Å². The van der Waals surface area contributed by atoms with Crippen LogP contribution in [0, 0.1) is 11.6 Å². The summed E-state index contributed by atoms with van der Waals surface area (Å²) in [6.45, 7) is 0. The number of benzene rings is 2. The molecule has 0 amide bonds. The van der Waals surface area contributed by atoms with Crippen molar-refractivity contribution in [1.82, 2.24) is 0 Å². The van der Waals surface area contributed by atoms with E-state index in [1.807, 2.05) is 0 Å². The number of furan rings is 1. The number of carbonyl (C=O) groups is 1. The zero-order valence-corrected chi connectivity index (χ0v) is 11.6. The van der Waals surface area contributed by atoms with E-state index in [-0.39, 0.29) is 16.9 Å². The highest BCUT2D eigenvalue weighted by Crippen LogP contribution is 2.25. The number of ketones is 1. The van der Waals surface area contributed by atoms with Gasteiger partial charge in [-0.15, -0.1) is 0 Å². The maximum atomic E-state index is 13.5. The minimum absolute atomic E-state index is 0.0197.